The molecule has 0 saturated heterocycles. The van der Waals surface area contributed by atoms with Gasteiger partial charge in [-0.05, 0) is 35.0 Å². The molecule has 0 bridgehead atoms. The van der Waals surface area contributed by atoms with E-state index in [1.54, 1.807) is 6.07 Å². The van der Waals surface area contributed by atoms with Crippen LogP contribution in [0.3, 0.4) is 0 Å². The molecule has 0 radical (unpaired) electrons. The molecule has 0 heterocycles. The van der Waals surface area contributed by atoms with Crippen molar-refractivity contribution in [3.63, 3.8) is 0 Å². The second kappa shape index (κ2) is 5.08. The van der Waals surface area contributed by atoms with Crippen LogP contribution < -0.4 is 0 Å². The van der Waals surface area contributed by atoms with Gasteiger partial charge in [-0.1, -0.05) is 34.7 Å². The maximum absolute atomic E-state index is 13.2. The van der Waals surface area contributed by atoms with Crippen LogP contribution in [0.15, 0.2) is 18.2 Å². The Bertz CT molecular complexity index is 411. The number of hydrogen-bond donors (Lipinski definition) is 0. The van der Waals surface area contributed by atoms with Crippen molar-refractivity contribution in [2.24, 2.45) is 5.92 Å². The highest BCUT2D eigenvalue weighted by atomic mass is 35.5. The lowest BCUT2D eigenvalue weighted by molar-refractivity contribution is 0.104. The highest BCUT2D eigenvalue weighted by Gasteiger charge is 2.25. The molecule has 0 amide bonds. The molecule has 0 aromatic heterocycles. The van der Waals surface area contributed by atoms with Gasteiger partial charge in [0.1, 0.15) is 0 Å². The number of rotatable bonds is 3. The van der Waals surface area contributed by atoms with Crippen LogP contribution >= 0.6 is 29.7 Å². The van der Waals surface area contributed by atoms with Crippen LogP contribution in [0.4, 0.5) is 8.78 Å². The first kappa shape index (κ1) is 14.0. The van der Waals surface area contributed by atoms with Crippen molar-refractivity contribution < 1.29 is 8.78 Å². The van der Waals surface area contributed by atoms with Gasteiger partial charge in [0.25, 0.3) is 5.66 Å². The van der Waals surface area contributed by atoms with Crippen LogP contribution in [0.5, 0.6) is 0 Å². The average Bonchev–Trinajstić information content (AvgIpc) is 2.14. The number of hydrogen-bond acceptors (Lipinski definition) is 0. The summed E-state index contributed by atoms with van der Waals surface area (Å²) in [6.45, 7) is 3.95. The Morgan fingerprint density at radius 3 is 2.38 bits per heavy atom. The first-order valence-electron chi connectivity index (χ1n) is 4.78. The molecule has 0 nitrogen and oxygen atoms in total. The zero-order valence-electron chi connectivity index (χ0n) is 9.02. The summed E-state index contributed by atoms with van der Waals surface area (Å²) in [7, 11) is 4.96. The van der Waals surface area contributed by atoms with E-state index in [0.717, 1.165) is 5.29 Å². The van der Waals surface area contributed by atoms with Crippen molar-refractivity contribution in [2.75, 3.05) is 0 Å². The minimum absolute atomic E-state index is 0.101. The lowest BCUT2D eigenvalue weighted by Crippen LogP contribution is -2.09. The minimum atomic E-state index is -2.96. The molecule has 1 rings (SSSR count). The summed E-state index contributed by atoms with van der Waals surface area (Å²) in [5, 5.41) is 1.17. The zero-order chi connectivity index (χ0) is 12.5. The molecule has 1 aromatic carbocycles. The van der Waals surface area contributed by atoms with Gasteiger partial charge in [0.15, 0.2) is 0 Å². The summed E-state index contributed by atoms with van der Waals surface area (Å²) < 4.78 is 26.3. The molecule has 1 unspecified atom stereocenters. The summed E-state index contributed by atoms with van der Waals surface area (Å²) in [6, 6.07) is 4.39. The van der Waals surface area contributed by atoms with Crippen molar-refractivity contribution in [2.45, 2.75) is 19.5 Å². The Morgan fingerprint density at radius 1 is 1.38 bits per heavy atom. The third-order valence-corrected chi connectivity index (χ3v) is 3.59. The fraction of sp³-hybridized carbons (Fsp3) is 0.364. The van der Waals surface area contributed by atoms with E-state index >= 15 is 0 Å². The highest BCUT2D eigenvalue weighted by Crippen LogP contribution is 2.36. The number of alkyl halides is 2. The summed E-state index contributed by atoms with van der Waals surface area (Å²) >= 11 is 5.83. The van der Waals surface area contributed by atoms with Gasteiger partial charge in [0, 0.05) is 10.6 Å². The van der Waals surface area contributed by atoms with Gasteiger partial charge >= 0.3 is 0 Å². The normalized spacial score (nSPS) is 11.9. The van der Waals surface area contributed by atoms with Crippen LogP contribution in [0.25, 0.3) is 0 Å². The summed E-state index contributed by atoms with van der Waals surface area (Å²) in [4.78, 5) is 0. The number of halogens is 3. The predicted octanol–water partition coefficient (Wildman–Crippen LogP) is 4.58. The van der Waals surface area contributed by atoms with Crippen molar-refractivity contribution in [3.8, 4) is 0 Å². The van der Waals surface area contributed by atoms with Crippen LogP contribution in [0.1, 0.15) is 25.0 Å². The Morgan fingerprint density at radius 2 is 1.94 bits per heavy atom. The van der Waals surface area contributed by atoms with Gasteiger partial charge in [-0.2, -0.15) is 8.78 Å². The van der Waals surface area contributed by atoms with E-state index in [9.17, 15) is 8.78 Å². The third-order valence-electron chi connectivity index (χ3n) is 2.17. The van der Waals surface area contributed by atoms with Crippen LogP contribution in [0, 0.1) is 5.92 Å². The monoisotopic (exact) mass is 280 g/mol. The third kappa shape index (κ3) is 3.48. The molecule has 0 fully saturated rings. The Balaban J connectivity index is 3.24. The molecule has 16 heavy (non-hydrogen) atoms. The molecule has 0 spiro atoms. The molecule has 88 valence electrons. The standard InChI is InChI=1S/C11H13ClF2P2/c1-6(2)10(15)7-3-8(11(13,14)16)5-9(12)4-7/h3-6,15H,16H2,1-2H3. The molecule has 0 aliphatic carbocycles. The Labute approximate surface area is 104 Å². The van der Waals surface area contributed by atoms with E-state index in [4.69, 9.17) is 11.6 Å². The van der Waals surface area contributed by atoms with E-state index in [-0.39, 0.29) is 11.5 Å². The van der Waals surface area contributed by atoms with Crippen molar-refractivity contribution >= 4 is 35.0 Å². The SMILES string of the molecule is CC(C)C(=P)c1cc(Cl)cc(C(F)(F)P)c1. The molecular formula is C11H13ClF2P2. The topological polar surface area (TPSA) is 0 Å². The summed E-state index contributed by atoms with van der Waals surface area (Å²) in [6.07, 6.45) is 0. The molecular weight excluding hydrogens is 268 g/mol. The van der Waals surface area contributed by atoms with Gasteiger partial charge < -0.3 is 0 Å². The first-order chi connectivity index (χ1) is 7.21. The Hall–Kier alpha value is -0.0300. The minimum Gasteiger partial charge on any atom is -0.197 e. The molecule has 0 N–H and O–H groups in total. The van der Waals surface area contributed by atoms with E-state index in [1.165, 1.54) is 21.4 Å². The predicted molar refractivity (Wildman–Crippen MR) is 72.3 cm³/mol. The molecule has 0 saturated carbocycles. The van der Waals surface area contributed by atoms with E-state index in [2.05, 4.69) is 8.86 Å². The molecule has 0 aliphatic heterocycles. The molecule has 5 heteroatoms. The average molecular weight is 281 g/mol. The smallest absolute Gasteiger partial charge is 0.197 e. The number of benzene rings is 1. The summed E-state index contributed by atoms with van der Waals surface area (Å²) in [5.74, 6) is 0.223. The van der Waals surface area contributed by atoms with E-state index in [1.807, 2.05) is 13.8 Å². The fourth-order valence-electron chi connectivity index (χ4n) is 1.27. The van der Waals surface area contributed by atoms with E-state index < -0.39 is 5.66 Å². The maximum atomic E-state index is 13.2. The maximum Gasteiger partial charge on any atom is 0.283 e. The van der Waals surface area contributed by atoms with Gasteiger partial charge in [0.2, 0.25) is 0 Å². The molecule has 0 aliphatic rings. The van der Waals surface area contributed by atoms with E-state index in [0.29, 0.717) is 10.6 Å². The lowest BCUT2D eigenvalue weighted by atomic mass is 10.0. The zero-order valence-corrected chi connectivity index (χ0v) is 11.9. The molecule has 1 atom stereocenters. The summed E-state index contributed by atoms with van der Waals surface area (Å²) in [5.41, 5.74) is -2.36. The van der Waals surface area contributed by atoms with Crippen LogP contribution in [-0.4, -0.2) is 5.29 Å². The van der Waals surface area contributed by atoms with Crippen LogP contribution in [0.2, 0.25) is 5.02 Å². The fourth-order valence-corrected chi connectivity index (χ4v) is 1.82. The van der Waals surface area contributed by atoms with Crippen LogP contribution in [-0.2, 0) is 5.66 Å². The second-order valence-electron chi connectivity index (χ2n) is 3.92. The van der Waals surface area contributed by atoms with Gasteiger partial charge in [-0.3, -0.25) is 0 Å². The highest BCUT2D eigenvalue weighted by molar-refractivity contribution is 7.22. The lowest BCUT2D eigenvalue weighted by Gasteiger charge is -2.15. The van der Waals surface area contributed by atoms with Gasteiger partial charge in [-0.15, -0.1) is 8.86 Å². The quantitative estimate of drug-likeness (QED) is 0.711. The Kier molecular flexibility index (Phi) is 4.46. The second-order valence-corrected chi connectivity index (χ2v) is 5.62. The largest absolute Gasteiger partial charge is 0.283 e. The van der Waals surface area contributed by atoms with Gasteiger partial charge in [0.05, 0.1) is 0 Å². The van der Waals surface area contributed by atoms with Crippen molar-refractivity contribution in [1.82, 2.24) is 0 Å². The van der Waals surface area contributed by atoms with Gasteiger partial charge in [-0.25, -0.2) is 0 Å². The van der Waals surface area contributed by atoms with Crippen molar-refractivity contribution in [1.29, 1.82) is 0 Å². The van der Waals surface area contributed by atoms with Crippen molar-refractivity contribution in [3.05, 3.63) is 34.3 Å². The molecule has 1 aromatic rings. The first-order valence-corrected chi connectivity index (χ1v) is 6.24.